The van der Waals surface area contributed by atoms with Crippen molar-refractivity contribution >= 4 is 17.2 Å². The molecule has 39 heavy (non-hydrogen) atoms. The number of nitrogens with one attached hydrogen (secondary N) is 1. The van der Waals surface area contributed by atoms with Crippen LogP contribution in [0.3, 0.4) is 0 Å². The summed E-state index contributed by atoms with van der Waals surface area (Å²) in [4.78, 5) is 15.8. The first kappa shape index (κ1) is 27.0. The Hall–Kier alpha value is -3.56. The fourth-order valence-corrected chi connectivity index (χ4v) is 6.21. The molecular formula is C27H24F5N5OS. The number of halogens is 5. The zero-order valence-corrected chi connectivity index (χ0v) is 21.6. The molecule has 1 saturated heterocycles. The molecule has 12 heteroatoms. The Bertz CT molecular complexity index is 1470. The largest absolute Gasteiger partial charge is 0.435 e. The average Bonchev–Trinajstić information content (AvgIpc) is 3.63. The maximum Gasteiger partial charge on any atom is 0.435 e. The van der Waals surface area contributed by atoms with Crippen LogP contribution in [0.5, 0.6) is 0 Å². The lowest BCUT2D eigenvalue weighted by Crippen LogP contribution is -2.37. The lowest BCUT2D eigenvalue weighted by molar-refractivity contribution is -0.141. The molecule has 0 radical (unpaired) electrons. The van der Waals surface area contributed by atoms with Crippen molar-refractivity contribution in [2.45, 2.75) is 50.7 Å². The molecule has 2 aliphatic rings. The van der Waals surface area contributed by atoms with E-state index in [9.17, 15) is 27.6 Å². The van der Waals surface area contributed by atoms with Crippen LogP contribution in [0.15, 0.2) is 42.6 Å². The van der Waals surface area contributed by atoms with Gasteiger partial charge >= 0.3 is 6.18 Å². The third kappa shape index (κ3) is 5.33. The zero-order valence-electron chi connectivity index (χ0n) is 20.8. The van der Waals surface area contributed by atoms with Gasteiger partial charge in [0.2, 0.25) is 5.91 Å². The third-order valence-corrected chi connectivity index (χ3v) is 8.04. The summed E-state index contributed by atoms with van der Waals surface area (Å²) < 4.78 is 71.9. The molecule has 0 bridgehead atoms. The van der Waals surface area contributed by atoms with Gasteiger partial charge in [0.25, 0.3) is 0 Å². The van der Waals surface area contributed by atoms with Gasteiger partial charge in [-0.2, -0.15) is 23.5 Å². The molecule has 6 nitrogen and oxygen atoms in total. The van der Waals surface area contributed by atoms with E-state index in [1.54, 1.807) is 25.1 Å². The summed E-state index contributed by atoms with van der Waals surface area (Å²) >= 11 is 1.19. The predicted molar refractivity (Wildman–Crippen MR) is 135 cm³/mol. The van der Waals surface area contributed by atoms with Gasteiger partial charge in [0.1, 0.15) is 22.9 Å². The predicted octanol–water partition coefficient (Wildman–Crippen LogP) is 5.39. The van der Waals surface area contributed by atoms with Crippen LogP contribution in [-0.4, -0.2) is 45.9 Å². The quantitative estimate of drug-likeness (QED) is 0.335. The van der Waals surface area contributed by atoms with E-state index < -0.39 is 29.8 Å². The Labute approximate surface area is 225 Å². The van der Waals surface area contributed by atoms with Crippen molar-refractivity contribution in [3.63, 3.8) is 0 Å². The number of thiophene rings is 1. The number of rotatable bonds is 5. The molecule has 0 unspecified atom stereocenters. The van der Waals surface area contributed by atoms with Crippen molar-refractivity contribution in [1.82, 2.24) is 20.0 Å². The van der Waals surface area contributed by atoms with Crippen LogP contribution in [0.2, 0.25) is 0 Å². The summed E-state index contributed by atoms with van der Waals surface area (Å²) in [5, 5.41) is 16.1. The molecule has 2 aliphatic heterocycles. The maximum absolute atomic E-state index is 15.4. The summed E-state index contributed by atoms with van der Waals surface area (Å²) in [6, 6.07) is 7.52. The van der Waals surface area contributed by atoms with Crippen LogP contribution in [0.1, 0.15) is 45.8 Å². The van der Waals surface area contributed by atoms with E-state index in [0.29, 0.717) is 15.3 Å². The number of aromatic nitrogens is 2. The van der Waals surface area contributed by atoms with Gasteiger partial charge in [0, 0.05) is 59.9 Å². The van der Waals surface area contributed by atoms with Gasteiger partial charge < -0.3 is 10.2 Å². The highest BCUT2D eigenvalue weighted by Gasteiger charge is 2.40. The molecule has 0 spiro atoms. The van der Waals surface area contributed by atoms with Crippen LogP contribution in [0.25, 0.3) is 11.1 Å². The molecule has 1 amide bonds. The highest BCUT2D eigenvalue weighted by atomic mass is 32.1. The van der Waals surface area contributed by atoms with Gasteiger partial charge in [0.15, 0.2) is 5.69 Å². The fraction of sp³-hybridized carbons (Fsp3) is 0.370. The zero-order chi connectivity index (χ0) is 27.9. The average molecular weight is 562 g/mol. The van der Waals surface area contributed by atoms with Gasteiger partial charge in [-0.25, -0.2) is 8.78 Å². The molecule has 4 heterocycles. The number of carbonyl (C=O) groups is 1. The first-order valence-corrected chi connectivity index (χ1v) is 13.2. The highest BCUT2D eigenvalue weighted by molar-refractivity contribution is 7.12. The van der Waals surface area contributed by atoms with E-state index in [2.05, 4.69) is 16.5 Å². The van der Waals surface area contributed by atoms with Crippen LogP contribution in [-0.2, 0) is 24.1 Å². The number of amides is 1. The maximum atomic E-state index is 15.4. The summed E-state index contributed by atoms with van der Waals surface area (Å²) in [6.45, 7) is 2.25. The Balaban J connectivity index is 1.58. The lowest BCUT2D eigenvalue weighted by Gasteiger charge is -2.33. The van der Waals surface area contributed by atoms with Gasteiger partial charge in [-0.3, -0.25) is 9.48 Å². The van der Waals surface area contributed by atoms with Crippen molar-refractivity contribution in [1.29, 1.82) is 5.26 Å². The lowest BCUT2D eigenvalue weighted by atomic mass is 9.83. The van der Waals surface area contributed by atoms with Gasteiger partial charge in [-0.15, -0.1) is 11.3 Å². The SMILES string of the molecule is CCn1cc(-c2c(F)cccc2[C@@H]2CN(C(=O)/C=C/[C@@H]3C[C@H](F)CN3)Cc3sc(C#N)cc32)c(C(F)(F)F)n1. The molecule has 3 atom stereocenters. The van der Waals surface area contributed by atoms with E-state index in [4.69, 9.17) is 0 Å². The summed E-state index contributed by atoms with van der Waals surface area (Å²) in [6.07, 6.45) is -1.41. The minimum absolute atomic E-state index is 0.0569. The van der Waals surface area contributed by atoms with Crippen LogP contribution in [0, 0.1) is 17.1 Å². The van der Waals surface area contributed by atoms with E-state index in [1.165, 1.54) is 34.6 Å². The normalized spacial score (nSPS) is 21.4. The number of aryl methyl sites for hydroxylation is 1. The van der Waals surface area contributed by atoms with Crippen molar-refractivity contribution in [2.24, 2.45) is 0 Å². The number of hydrogen-bond donors (Lipinski definition) is 1. The molecule has 5 rings (SSSR count). The standard InChI is InChI=1S/C27H24F5N5OS/c1-2-37-13-21(26(35-37)27(30,31)32)25-18(4-3-5-22(25)29)20-12-36(14-23-19(20)9-17(10-33)39-23)24(38)7-6-16-8-15(28)11-34-16/h3-7,9,13,15-16,20,34H,2,8,11-12,14H2,1H3/b7-6+/t15-,16+,20-/m0/s1. The number of carbonyl (C=O) groups excluding carboxylic acids is 1. The molecule has 2 aromatic heterocycles. The number of benzene rings is 1. The second-order valence-electron chi connectivity index (χ2n) is 9.53. The number of nitrogens with zero attached hydrogens (tertiary/aromatic N) is 4. The number of alkyl halides is 4. The van der Waals surface area contributed by atoms with E-state index in [0.717, 1.165) is 10.7 Å². The first-order valence-electron chi connectivity index (χ1n) is 12.4. The molecule has 0 saturated carbocycles. The highest BCUT2D eigenvalue weighted by Crippen LogP contribution is 2.45. The fourth-order valence-electron chi connectivity index (χ4n) is 5.17. The van der Waals surface area contributed by atoms with Crippen molar-refractivity contribution < 1.29 is 26.7 Å². The molecule has 1 fully saturated rings. The van der Waals surface area contributed by atoms with Crippen LogP contribution < -0.4 is 5.32 Å². The van der Waals surface area contributed by atoms with Gasteiger partial charge in [-0.1, -0.05) is 18.2 Å². The van der Waals surface area contributed by atoms with Crippen molar-refractivity contribution in [3.8, 4) is 17.2 Å². The molecule has 3 aromatic rings. The molecule has 204 valence electrons. The number of fused-ring (bicyclic) bond motifs is 1. The molecule has 1 N–H and O–H groups in total. The van der Waals surface area contributed by atoms with Crippen LogP contribution in [0.4, 0.5) is 22.0 Å². The minimum atomic E-state index is -4.82. The minimum Gasteiger partial charge on any atom is -0.333 e. The first-order chi connectivity index (χ1) is 18.6. The second-order valence-corrected chi connectivity index (χ2v) is 10.7. The smallest absolute Gasteiger partial charge is 0.333 e. The van der Waals surface area contributed by atoms with Gasteiger partial charge in [-0.05, 0) is 36.6 Å². The Morgan fingerprint density at radius 1 is 1.33 bits per heavy atom. The van der Waals surface area contributed by atoms with Crippen molar-refractivity contribution in [3.05, 3.63) is 75.0 Å². The Morgan fingerprint density at radius 3 is 2.79 bits per heavy atom. The molecule has 0 aliphatic carbocycles. The molecular weight excluding hydrogens is 537 g/mol. The number of hydrogen-bond acceptors (Lipinski definition) is 5. The monoisotopic (exact) mass is 561 g/mol. The van der Waals surface area contributed by atoms with Crippen LogP contribution >= 0.6 is 11.3 Å². The third-order valence-electron chi connectivity index (χ3n) is 7.00. The second kappa shape index (κ2) is 10.5. The van der Waals surface area contributed by atoms with E-state index in [1.807, 2.05) is 0 Å². The summed E-state index contributed by atoms with van der Waals surface area (Å²) in [7, 11) is 0. The molecule has 1 aromatic carbocycles. The summed E-state index contributed by atoms with van der Waals surface area (Å²) in [5.74, 6) is -1.90. The Morgan fingerprint density at radius 2 is 2.13 bits per heavy atom. The van der Waals surface area contributed by atoms with E-state index in [-0.39, 0.29) is 61.2 Å². The topological polar surface area (TPSA) is 74.0 Å². The van der Waals surface area contributed by atoms with Crippen molar-refractivity contribution in [2.75, 3.05) is 13.1 Å². The van der Waals surface area contributed by atoms with E-state index >= 15 is 4.39 Å². The number of nitriles is 1. The summed E-state index contributed by atoms with van der Waals surface area (Å²) in [5.41, 5.74) is -0.879. The van der Waals surface area contributed by atoms with Gasteiger partial charge in [0.05, 0.1) is 6.54 Å². The Kier molecular flexibility index (Phi) is 7.31.